The summed E-state index contributed by atoms with van der Waals surface area (Å²) in [6.45, 7) is 5.23. The van der Waals surface area contributed by atoms with Gasteiger partial charge in [0.1, 0.15) is 34.0 Å². The maximum Gasteiger partial charge on any atom is 0.259 e. The van der Waals surface area contributed by atoms with Crippen molar-refractivity contribution in [1.29, 1.82) is 0 Å². The van der Waals surface area contributed by atoms with Crippen molar-refractivity contribution in [3.05, 3.63) is 41.2 Å². The molecule has 29 heavy (non-hydrogen) atoms. The first-order valence-electron chi connectivity index (χ1n) is 8.87. The van der Waals surface area contributed by atoms with Crippen LogP contribution >= 0.6 is 11.6 Å². The Morgan fingerprint density at radius 3 is 2.79 bits per heavy atom. The van der Waals surface area contributed by atoms with Gasteiger partial charge in [-0.15, -0.1) is 0 Å². The third-order valence-electron chi connectivity index (χ3n) is 4.98. The topological polar surface area (TPSA) is 85.8 Å². The van der Waals surface area contributed by atoms with Gasteiger partial charge >= 0.3 is 0 Å². The highest BCUT2D eigenvalue weighted by Crippen LogP contribution is 2.38. The number of halogens is 3. The fourth-order valence-corrected chi connectivity index (χ4v) is 3.71. The number of nitrogens with zero attached hydrogens (tertiary/aromatic N) is 4. The number of ether oxygens (including phenoxy) is 1. The van der Waals surface area contributed by atoms with Crippen LogP contribution in [0.4, 0.5) is 20.3 Å². The van der Waals surface area contributed by atoms with Crippen LogP contribution in [0.25, 0.3) is 16.8 Å². The molecule has 2 N–H and O–H groups in total. The van der Waals surface area contributed by atoms with Gasteiger partial charge in [0.05, 0.1) is 18.3 Å². The molecule has 152 valence electrons. The molecule has 2 aromatic heterocycles. The Morgan fingerprint density at radius 1 is 1.34 bits per heavy atom. The van der Waals surface area contributed by atoms with Gasteiger partial charge in [0.2, 0.25) is 0 Å². The molecule has 3 aromatic rings. The number of hydrogen-bond acceptors (Lipinski definition) is 5. The fraction of sp³-hybridized carbons (Fsp3) is 0.316. The molecule has 1 atom stereocenters. The van der Waals surface area contributed by atoms with Crippen LogP contribution in [0.5, 0.6) is 0 Å². The van der Waals surface area contributed by atoms with E-state index in [-0.39, 0.29) is 39.9 Å². The van der Waals surface area contributed by atoms with E-state index in [4.69, 9.17) is 22.1 Å². The minimum atomic E-state index is -1.10. The summed E-state index contributed by atoms with van der Waals surface area (Å²) in [5.74, 6) is -1.76. The number of carbonyl (C=O) groups is 1. The van der Waals surface area contributed by atoms with E-state index in [1.54, 1.807) is 20.8 Å². The van der Waals surface area contributed by atoms with Gasteiger partial charge in [-0.05, 0) is 39.0 Å². The molecule has 1 aromatic carbocycles. The Bertz CT molecular complexity index is 1150. The number of anilines is 2. The number of nitrogens with two attached hydrogens (primary N) is 1. The van der Waals surface area contributed by atoms with Gasteiger partial charge in [0, 0.05) is 5.56 Å². The summed E-state index contributed by atoms with van der Waals surface area (Å²) in [7, 11) is 0. The van der Waals surface area contributed by atoms with Crippen molar-refractivity contribution in [3.8, 4) is 11.3 Å². The third-order valence-corrected chi connectivity index (χ3v) is 5.32. The smallest absolute Gasteiger partial charge is 0.259 e. The lowest BCUT2D eigenvalue weighted by Crippen LogP contribution is -2.58. The number of morpholine rings is 1. The van der Waals surface area contributed by atoms with Gasteiger partial charge in [-0.3, -0.25) is 4.79 Å². The lowest BCUT2D eigenvalue weighted by atomic mass is 10.0. The van der Waals surface area contributed by atoms with Crippen molar-refractivity contribution in [2.75, 3.05) is 17.2 Å². The Balaban J connectivity index is 1.92. The van der Waals surface area contributed by atoms with Crippen molar-refractivity contribution in [3.63, 3.8) is 0 Å². The lowest BCUT2D eigenvalue weighted by Gasteiger charge is -2.41. The molecular weight excluding hydrogens is 404 g/mol. The first-order chi connectivity index (χ1) is 13.6. The van der Waals surface area contributed by atoms with Crippen molar-refractivity contribution in [1.82, 2.24) is 14.6 Å². The lowest BCUT2D eigenvalue weighted by molar-refractivity contribution is -0.147. The maximum atomic E-state index is 15.0. The van der Waals surface area contributed by atoms with Crippen molar-refractivity contribution >= 4 is 34.5 Å². The fourth-order valence-electron chi connectivity index (χ4n) is 3.44. The predicted octanol–water partition coefficient (Wildman–Crippen LogP) is 3.44. The summed E-state index contributed by atoms with van der Waals surface area (Å²) in [6.07, 6.45) is 1.17. The predicted molar refractivity (Wildman–Crippen MR) is 105 cm³/mol. The van der Waals surface area contributed by atoms with E-state index in [1.165, 1.54) is 33.9 Å². The Labute approximate surface area is 170 Å². The molecule has 1 saturated heterocycles. The average Bonchev–Trinajstić information content (AvgIpc) is 2.93. The second kappa shape index (κ2) is 6.64. The summed E-state index contributed by atoms with van der Waals surface area (Å²) in [6, 6.07) is 3.55. The number of rotatable bonds is 2. The summed E-state index contributed by atoms with van der Waals surface area (Å²) in [4.78, 5) is 18.0. The van der Waals surface area contributed by atoms with E-state index in [0.717, 1.165) is 0 Å². The van der Waals surface area contributed by atoms with Crippen LogP contribution in [0.2, 0.25) is 5.02 Å². The third kappa shape index (κ3) is 2.92. The minimum Gasteiger partial charge on any atom is -0.382 e. The zero-order chi connectivity index (χ0) is 21.1. The van der Waals surface area contributed by atoms with Gasteiger partial charge in [-0.25, -0.2) is 18.3 Å². The van der Waals surface area contributed by atoms with Crippen LogP contribution in [0.1, 0.15) is 20.8 Å². The van der Waals surface area contributed by atoms with E-state index in [0.29, 0.717) is 0 Å². The molecule has 1 amide bonds. The largest absolute Gasteiger partial charge is 0.382 e. The molecule has 10 heteroatoms. The second-order valence-corrected chi connectivity index (χ2v) is 7.77. The summed E-state index contributed by atoms with van der Waals surface area (Å²) < 4.78 is 36.5. The molecule has 1 aliphatic heterocycles. The van der Waals surface area contributed by atoms with Crippen molar-refractivity contribution < 1.29 is 18.3 Å². The van der Waals surface area contributed by atoms with E-state index < -0.39 is 29.2 Å². The minimum absolute atomic E-state index is 0.00651. The summed E-state index contributed by atoms with van der Waals surface area (Å²) >= 11 is 6.09. The van der Waals surface area contributed by atoms with Crippen LogP contribution in [0.15, 0.2) is 24.5 Å². The number of benzene rings is 1. The zero-order valence-electron chi connectivity index (χ0n) is 15.9. The number of carbonyl (C=O) groups excluding carboxylic acids is 1. The molecular formula is C19H18ClF2N5O2. The van der Waals surface area contributed by atoms with Gasteiger partial charge in [-0.1, -0.05) is 11.6 Å². The maximum absolute atomic E-state index is 15.0. The van der Waals surface area contributed by atoms with Gasteiger partial charge < -0.3 is 15.4 Å². The second-order valence-electron chi connectivity index (χ2n) is 7.39. The van der Waals surface area contributed by atoms with Crippen LogP contribution in [0, 0.1) is 11.6 Å². The quantitative estimate of drug-likeness (QED) is 0.685. The van der Waals surface area contributed by atoms with Crippen LogP contribution in [-0.4, -0.2) is 38.8 Å². The Hall–Kier alpha value is -2.78. The number of hydrogen-bond donors (Lipinski definition) is 1. The molecule has 7 nitrogen and oxygen atoms in total. The molecule has 0 unspecified atom stereocenters. The van der Waals surface area contributed by atoms with E-state index in [9.17, 15) is 13.6 Å². The number of nitrogen functional groups attached to an aromatic ring is 1. The first-order valence-corrected chi connectivity index (χ1v) is 9.25. The van der Waals surface area contributed by atoms with Crippen molar-refractivity contribution in [2.24, 2.45) is 0 Å². The molecule has 0 bridgehead atoms. The SMILES string of the molecule is C[C@@H]1COC(C)(C)C(=O)N1c1cc(-c2c(F)c(Cl)c3c(N)ncnn23)ccc1F. The molecule has 4 rings (SSSR count). The van der Waals surface area contributed by atoms with Gasteiger partial charge in [0.25, 0.3) is 5.91 Å². The number of fused-ring (bicyclic) bond motifs is 1. The zero-order valence-corrected chi connectivity index (χ0v) is 16.7. The Morgan fingerprint density at radius 2 is 2.07 bits per heavy atom. The normalized spacial score (nSPS) is 19.2. The summed E-state index contributed by atoms with van der Waals surface area (Å²) in [5.41, 5.74) is 5.11. The van der Waals surface area contributed by atoms with Crippen LogP contribution < -0.4 is 10.6 Å². The number of amides is 1. The standard InChI is InChI=1S/C19H18ClF2N5O2/c1-9-7-29-19(2,3)18(28)26(9)12-6-10(4-5-11(12)21)15-14(22)13(20)16-17(23)24-8-25-27(15)16/h4-6,8-9H,7H2,1-3H3,(H2,23,24,25)/t9-/m1/s1. The van der Waals surface area contributed by atoms with Gasteiger partial charge in [0.15, 0.2) is 11.6 Å². The highest BCUT2D eigenvalue weighted by Gasteiger charge is 2.42. The molecule has 0 radical (unpaired) electrons. The molecule has 1 fully saturated rings. The molecule has 1 aliphatic rings. The average molecular weight is 422 g/mol. The van der Waals surface area contributed by atoms with E-state index >= 15 is 0 Å². The molecule has 0 aliphatic carbocycles. The molecule has 3 heterocycles. The highest BCUT2D eigenvalue weighted by atomic mass is 35.5. The Kier molecular flexibility index (Phi) is 4.47. The molecule has 0 spiro atoms. The van der Waals surface area contributed by atoms with E-state index in [2.05, 4.69) is 10.1 Å². The monoisotopic (exact) mass is 421 g/mol. The van der Waals surface area contributed by atoms with Crippen molar-refractivity contribution in [2.45, 2.75) is 32.4 Å². The van der Waals surface area contributed by atoms with Gasteiger partial charge in [-0.2, -0.15) is 5.10 Å². The van der Waals surface area contributed by atoms with Crippen LogP contribution in [-0.2, 0) is 9.53 Å². The molecule has 0 saturated carbocycles. The highest BCUT2D eigenvalue weighted by molar-refractivity contribution is 6.35. The van der Waals surface area contributed by atoms with E-state index in [1.807, 2.05) is 0 Å². The first kappa shape index (κ1) is 19.5. The number of aromatic nitrogens is 3. The van der Waals surface area contributed by atoms with Crippen LogP contribution in [0.3, 0.4) is 0 Å². The summed E-state index contributed by atoms with van der Waals surface area (Å²) in [5, 5.41) is 3.79.